The predicted octanol–water partition coefficient (Wildman–Crippen LogP) is -2.36. The molecule has 1 aromatic rings. The van der Waals surface area contributed by atoms with Gasteiger partial charge in [-0.2, -0.15) is 0 Å². The molecule has 1 spiro atoms. The summed E-state index contributed by atoms with van der Waals surface area (Å²) in [5, 5.41) is 58.7. The van der Waals surface area contributed by atoms with Crippen molar-refractivity contribution in [2.75, 3.05) is 13.2 Å². The van der Waals surface area contributed by atoms with Gasteiger partial charge in [0, 0.05) is 17.5 Å². The van der Waals surface area contributed by atoms with Crippen molar-refractivity contribution in [2.45, 2.75) is 48.8 Å². The molecular weight excluding hydrogens is 434 g/mol. The van der Waals surface area contributed by atoms with Crippen LogP contribution >= 0.6 is 0 Å². The lowest BCUT2D eigenvalue weighted by molar-refractivity contribution is -0.232. The van der Waals surface area contributed by atoms with E-state index >= 15 is 0 Å². The van der Waals surface area contributed by atoms with E-state index in [1.807, 2.05) is 19.9 Å². The zero-order chi connectivity index (χ0) is 23.9. The van der Waals surface area contributed by atoms with Crippen molar-refractivity contribution in [3.63, 3.8) is 0 Å². The predicted molar refractivity (Wildman–Crippen MR) is 113 cm³/mol. The molecule has 0 aliphatic carbocycles. The number of benzene rings is 1. The number of ether oxygens (including phenoxy) is 1. The average molecular weight is 459 g/mol. The third-order valence-electron chi connectivity index (χ3n) is 6.94. The highest BCUT2D eigenvalue weighted by atomic mass is 16.5. The second-order valence-electron chi connectivity index (χ2n) is 9.41. The normalized spacial score (nSPS) is 32.5. The molecule has 3 saturated heterocycles. The summed E-state index contributed by atoms with van der Waals surface area (Å²) in [6.45, 7) is 4.16. The van der Waals surface area contributed by atoms with E-state index in [0.29, 0.717) is 12.4 Å². The first-order valence-electron chi connectivity index (χ1n) is 10.4. The van der Waals surface area contributed by atoms with Crippen LogP contribution in [0.4, 0.5) is 0 Å². The second-order valence-corrected chi connectivity index (χ2v) is 9.41. The Morgan fingerprint density at radius 1 is 1.24 bits per heavy atom. The monoisotopic (exact) mass is 459 g/mol. The third-order valence-corrected chi connectivity index (χ3v) is 6.94. The topological polar surface area (TPSA) is 203 Å². The van der Waals surface area contributed by atoms with E-state index < -0.39 is 41.5 Å². The van der Waals surface area contributed by atoms with Crippen LogP contribution in [0.2, 0.25) is 0 Å². The molecule has 4 aliphatic heterocycles. The van der Waals surface area contributed by atoms with E-state index in [0.717, 1.165) is 5.56 Å². The number of nitrogens with zero attached hydrogens (tertiary/aromatic N) is 1. The minimum atomic E-state index is -2.75. The van der Waals surface area contributed by atoms with E-state index in [-0.39, 0.29) is 29.4 Å². The number of hydrogen-bond donors (Lipinski definition) is 9. The maximum absolute atomic E-state index is 13.2. The fraction of sp³-hybridized carbons (Fsp3) is 0.500. The number of aliphatic hydroxyl groups is 2. The Morgan fingerprint density at radius 3 is 2.67 bits per heavy atom. The maximum atomic E-state index is 13.2. The number of rotatable bonds is 3. The van der Waals surface area contributed by atoms with Crippen LogP contribution in [-0.2, 0) is 10.2 Å². The SMILES string of the molecule is CC1(C)COc2c(C(=O)N[C@H]3CN4C(=N)NC(C(=O)O)C5NC(=N)N[C@@]54C3(O)O)cccc21. The van der Waals surface area contributed by atoms with Crippen molar-refractivity contribution < 1.29 is 29.6 Å². The number of carboxylic acids is 1. The Bertz CT molecular complexity index is 1100. The first-order chi connectivity index (χ1) is 15.4. The molecule has 3 fully saturated rings. The Kier molecular flexibility index (Phi) is 4.18. The van der Waals surface area contributed by atoms with Gasteiger partial charge in [-0.15, -0.1) is 0 Å². The van der Waals surface area contributed by atoms with Crippen LogP contribution in [0, 0.1) is 10.8 Å². The van der Waals surface area contributed by atoms with E-state index in [9.17, 15) is 24.9 Å². The fourth-order valence-corrected chi connectivity index (χ4v) is 5.26. The molecule has 4 atom stereocenters. The molecule has 33 heavy (non-hydrogen) atoms. The van der Waals surface area contributed by atoms with Crippen molar-refractivity contribution in [3.05, 3.63) is 29.3 Å². The Labute approximate surface area is 188 Å². The molecule has 4 heterocycles. The fourth-order valence-electron chi connectivity index (χ4n) is 5.26. The number of carboxylic acid groups (broad SMARTS) is 1. The molecule has 0 radical (unpaired) electrons. The summed E-state index contributed by atoms with van der Waals surface area (Å²) in [5.74, 6) is -4.97. The van der Waals surface area contributed by atoms with Crippen LogP contribution in [0.1, 0.15) is 29.8 Å². The van der Waals surface area contributed by atoms with Crippen molar-refractivity contribution >= 4 is 23.8 Å². The van der Waals surface area contributed by atoms with Crippen molar-refractivity contribution in [1.29, 1.82) is 10.8 Å². The maximum Gasteiger partial charge on any atom is 0.328 e. The second kappa shape index (κ2) is 6.48. The van der Waals surface area contributed by atoms with Gasteiger partial charge in [-0.1, -0.05) is 26.0 Å². The zero-order valence-corrected chi connectivity index (χ0v) is 17.9. The molecule has 1 amide bonds. The third kappa shape index (κ3) is 2.66. The molecule has 4 aliphatic rings. The zero-order valence-electron chi connectivity index (χ0n) is 17.9. The lowest BCUT2D eigenvalue weighted by Gasteiger charge is -2.50. The molecule has 176 valence electrons. The highest BCUT2D eigenvalue weighted by Gasteiger charge is 2.75. The first-order valence-corrected chi connectivity index (χ1v) is 10.4. The summed E-state index contributed by atoms with van der Waals surface area (Å²) < 4.78 is 5.76. The van der Waals surface area contributed by atoms with Gasteiger partial charge in [0.2, 0.25) is 5.79 Å². The minimum absolute atomic E-state index is 0.225. The number of carbonyl (C=O) groups excluding carboxylic acids is 1. The van der Waals surface area contributed by atoms with Gasteiger partial charge in [0.15, 0.2) is 23.6 Å². The highest BCUT2D eigenvalue weighted by molar-refractivity contribution is 5.98. The van der Waals surface area contributed by atoms with Gasteiger partial charge in [-0.3, -0.25) is 15.6 Å². The number of guanidine groups is 2. The Hall–Kier alpha value is -3.58. The molecule has 13 nitrogen and oxygen atoms in total. The van der Waals surface area contributed by atoms with Gasteiger partial charge in [-0.05, 0) is 6.07 Å². The number of amides is 1. The van der Waals surface area contributed by atoms with Crippen molar-refractivity contribution in [2.24, 2.45) is 0 Å². The molecule has 0 bridgehead atoms. The van der Waals surface area contributed by atoms with Crippen LogP contribution in [0.3, 0.4) is 0 Å². The van der Waals surface area contributed by atoms with E-state index in [1.54, 1.807) is 12.1 Å². The smallest absolute Gasteiger partial charge is 0.328 e. The Morgan fingerprint density at radius 2 is 1.97 bits per heavy atom. The first kappa shape index (κ1) is 21.3. The van der Waals surface area contributed by atoms with Gasteiger partial charge < -0.3 is 46.2 Å². The average Bonchev–Trinajstić information content (AvgIpc) is 3.32. The van der Waals surface area contributed by atoms with Crippen LogP contribution in [0.5, 0.6) is 5.75 Å². The molecule has 9 N–H and O–H groups in total. The van der Waals surface area contributed by atoms with Gasteiger partial charge in [-0.25, -0.2) is 4.79 Å². The Balaban J connectivity index is 1.50. The molecule has 0 aromatic heterocycles. The van der Waals surface area contributed by atoms with Gasteiger partial charge in [0.1, 0.15) is 17.8 Å². The summed E-state index contributed by atoms with van der Waals surface area (Å²) >= 11 is 0. The van der Waals surface area contributed by atoms with Crippen LogP contribution in [0.15, 0.2) is 18.2 Å². The number of para-hydroxylation sites is 1. The van der Waals surface area contributed by atoms with Gasteiger partial charge >= 0.3 is 5.97 Å². The molecular formula is C20H25N7O6. The van der Waals surface area contributed by atoms with Crippen molar-refractivity contribution in [3.8, 4) is 5.75 Å². The van der Waals surface area contributed by atoms with Crippen LogP contribution < -0.4 is 26.0 Å². The number of fused-ring (bicyclic) bond motifs is 1. The largest absolute Gasteiger partial charge is 0.492 e. The molecule has 13 heteroatoms. The van der Waals surface area contributed by atoms with Crippen LogP contribution in [0.25, 0.3) is 0 Å². The summed E-state index contributed by atoms with van der Waals surface area (Å²) in [7, 11) is 0. The number of hydrogen-bond acceptors (Lipinski definition) is 7. The van der Waals surface area contributed by atoms with E-state index in [4.69, 9.17) is 15.6 Å². The minimum Gasteiger partial charge on any atom is -0.492 e. The summed E-state index contributed by atoms with van der Waals surface area (Å²) in [6, 6.07) is 1.20. The van der Waals surface area contributed by atoms with Crippen molar-refractivity contribution in [1.82, 2.24) is 26.2 Å². The number of nitrogens with one attached hydrogen (secondary N) is 6. The molecule has 0 saturated carbocycles. The summed E-state index contributed by atoms with van der Waals surface area (Å²) in [5.41, 5.74) is -1.16. The highest BCUT2D eigenvalue weighted by Crippen LogP contribution is 2.44. The van der Waals surface area contributed by atoms with Crippen LogP contribution in [-0.4, -0.2) is 86.7 Å². The standard InChI is InChI=1S/C20H25N7O6/c1-18(2)7-33-12-8(4-3-5-9(12)18)14(28)23-10-6-27-17(22)24-11(15(29)30)13-19(27,20(10,31)32)26-16(21)25-13/h3-5,10-11,13,31-32H,6-7H2,1-2H3,(H2,22,24)(H,23,28)(H,29,30)(H3,21,25,26)/t10-,11?,13?,19-/m0/s1. The lowest BCUT2D eigenvalue weighted by Crippen LogP contribution is -2.81. The summed E-state index contributed by atoms with van der Waals surface area (Å²) in [4.78, 5) is 26.2. The van der Waals surface area contributed by atoms with Gasteiger partial charge in [0.05, 0.1) is 12.2 Å². The number of aliphatic carboxylic acids is 1. The number of carbonyl (C=O) groups is 2. The quantitative estimate of drug-likeness (QED) is 0.220. The van der Waals surface area contributed by atoms with E-state index in [1.165, 1.54) is 4.90 Å². The van der Waals surface area contributed by atoms with E-state index in [2.05, 4.69) is 21.3 Å². The molecule has 2 unspecified atom stereocenters. The lowest BCUT2D eigenvalue weighted by atomic mass is 9.84. The van der Waals surface area contributed by atoms with Gasteiger partial charge in [0.25, 0.3) is 5.91 Å². The molecule has 5 rings (SSSR count). The molecule has 1 aromatic carbocycles. The summed E-state index contributed by atoms with van der Waals surface area (Å²) in [6.07, 6.45) is 0.